The number of alkyl carbamates (subject to hydrolysis) is 2. The van der Waals surface area contributed by atoms with Gasteiger partial charge in [-0.3, -0.25) is 9.59 Å². The van der Waals surface area contributed by atoms with Gasteiger partial charge in [-0.05, 0) is 49.3 Å². The van der Waals surface area contributed by atoms with Crippen molar-refractivity contribution in [2.75, 3.05) is 70.6 Å². The van der Waals surface area contributed by atoms with Crippen LogP contribution < -0.4 is 15.5 Å². The second kappa shape index (κ2) is 19.2. The molecule has 2 aliphatic carbocycles. The van der Waals surface area contributed by atoms with Crippen molar-refractivity contribution in [3.8, 4) is 0 Å². The lowest BCUT2D eigenvalue weighted by Gasteiger charge is -2.25. The second-order valence-corrected chi connectivity index (χ2v) is 10.5. The van der Waals surface area contributed by atoms with E-state index in [1.807, 2.05) is 47.6 Å². The smallest absolute Gasteiger partial charge is 0.407 e. The first-order valence-electron chi connectivity index (χ1n) is 15.9. The minimum absolute atomic E-state index is 0.00896. The fourth-order valence-corrected chi connectivity index (χ4v) is 4.87. The van der Waals surface area contributed by atoms with Crippen molar-refractivity contribution >= 4 is 46.9 Å². The Hall–Kier alpha value is -5.66. The van der Waals surface area contributed by atoms with Gasteiger partial charge in [-0.15, -0.1) is 0 Å². The van der Waals surface area contributed by atoms with Gasteiger partial charge in [0.25, 0.3) is 0 Å². The van der Waals surface area contributed by atoms with Gasteiger partial charge in [-0.25, -0.2) is 19.0 Å². The molecule has 1 aromatic carbocycles. The number of allylic oxidation sites excluding steroid dienone is 7. The number of carbonyl (C=O) groups is 5. The highest BCUT2D eigenvalue weighted by Gasteiger charge is 2.36. The Morgan fingerprint density at radius 2 is 1.47 bits per heavy atom. The highest BCUT2D eigenvalue weighted by molar-refractivity contribution is 6.39. The Labute approximate surface area is 285 Å². The Morgan fingerprint density at radius 1 is 0.857 bits per heavy atom. The van der Waals surface area contributed by atoms with Gasteiger partial charge in [-0.2, -0.15) is 0 Å². The largest absolute Gasteiger partial charge is 0.506 e. The lowest BCUT2D eigenvalue weighted by atomic mass is 9.80. The number of ether oxygens (including phenoxy) is 4. The highest BCUT2D eigenvalue weighted by atomic mass is 16.6. The third kappa shape index (κ3) is 11.2. The number of anilines is 1. The SMILES string of the molecule is C=CC(=O)OCCNC(=O)OCC[N+](CC)=C1C=CC(=C2C(=O)C(c3ccc(N(CC)CCOC(=O)NCCOC(C)=O)cc3)=C2O)C=C1. The Bertz CT molecular complexity index is 1550. The summed E-state index contributed by atoms with van der Waals surface area (Å²) in [6.07, 6.45) is 7.01. The van der Waals surface area contributed by atoms with Gasteiger partial charge in [0.15, 0.2) is 18.9 Å². The molecule has 262 valence electrons. The van der Waals surface area contributed by atoms with E-state index >= 15 is 0 Å². The van der Waals surface area contributed by atoms with Crippen molar-refractivity contribution in [1.82, 2.24) is 10.6 Å². The molecule has 0 fully saturated rings. The van der Waals surface area contributed by atoms with Crippen LogP contribution in [-0.4, -0.2) is 111 Å². The third-order valence-corrected chi connectivity index (χ3v) is 7.38. The molecule has 1 aromatic rings. The fourth-order valence-electron chi connectivity index (χ4n) is 4.87. The van der Waals surface area contributed by atoms with Crippen molar-refractivity contribution in [2.45, 2.75) is 20.8 Å². The number of hydrogen-bond acceptors (Lipinski definition) is 11. The molecule has 0 bridgehead atoms. The van der Waals surface area contributed by atoms with Crippen LogP contribution in [0.25, 0.3) is 5.57 Å². The standard InChI is InChI=1S/C35H42N4O10/c1-5-29(41)47-21-17-37-35(45)49-23-19-39(7-3)28-14-10-26(11-15-28)31-32(42)30(33(31)43)25-8-12-27(13-9-25)38(6-2)18-22-48-34(44)36-16-20-46-24(4)40/h5,8-15H,1,6-7,16-23H2,2-4H3,(H2-,36,37,42,43,44,45)/p+1. The van der Waals surface area contributed by atoms with Gasteiger partial charge < -0.3 is 39.6 Å². The minimum Gasteiger partial charge on any atom is -0.506 e. The summed E-state index contributed by atoms with van der Waals surface area (Å²) in [5.41, 5.74) is 3.37. The van der Waals surface area contributed by atoms with Crippen LogP contribution in [0.3, 0.4) is 0 Å². The first-order chi connectivity index (χ1) is 23.6. The van der Waals surface area contributed by atoms with Gasteiger partial charge in [0, 0.05) is 37.4 Å². The molecule has 3 rings (SSSR count). The summed E-state index contributed by atoms with van der Waals surface area (Å²) in [5.74, 6) is -1.33. The molecule has 2 amide bonds. The summed E-state index contributed by atoms with van der Waals surface area (Å²) in [6.45, 7) is 11.2. The van der Waals surface area contributed by atoms with Gasteiger partial charge in [0.2, 0.25) is 5.78 Å². The van der Waals surface area contributed by atoms with Crippen LogP contribution in [0.5, 0.6) is 0 Å². The predicted octanol–water partition coefficient (Wildman–Crippen LogP) is 3.01. The maximum atomic E-state index is 13.2. The average molecular weight is 680 g/mol. The van der Waals surface area contributed by atoms with Crippen molar-refractivity contribution < 1.29 is 52.6 Å². The lowest BCUT2D eigenvalue weighted by Crippen LogP contribution is -2.32. The molecule has 49 heavy (non-hydrogen) atoms. The first-order valence-corrected chi connectivity index (χ1v) is 15.9. The summed E-state index contributed by atoms with van der Waals surface area (Å²) in [5, 5.41) is 15.9. The zero-order chi connectivity index (χ0) is 35.8. The van der Waals surface area contributed by atoms with Gasteiger partial charge in [-0.1, -0.05) is 18.7 Å². The number of carbonyl (C=O) groups excluding carboxylic acids is 5. The molecular weight excluding hydrogens is 636 g/mol. The van der Waals surface area contributed by atoms with Crippen molar-refractivity contribution in [3.63, 3.8) is 0 Å². The van der Waals surface area contributed by atoms with Crippen LogP contribution in [0.4, 0.5) is 15.3 Å². The summed E-state index contributed by atoms with van der Waals surface area (Å²) >= 11 is 0. The minimum atomic E-state index is -0.626. The van der Waals surface area contributed by atoms with E-state index in [1.54, 1.807) is 24.3 Å². The van der Waals surface area contributed by atoms with E-state index in [1.165, 1.54) is 6.92 Å². The number of nitrogens with one attached hydrogen (secondary N) is 2. The van der Waals surface area contributed by atoms with E-state index in [9.17, 15) is 29.1 Å². The molecule has 0 saturated carbocycles. The molecule has 0 spiro atoms. The summed E-state index contributed by atoms with van der Waals surface area (Å²) in [7, 11) is 0. The molecule has 14 nitrogen and oxygen atoms in total. The number of nitrogens with zero attached hydrogens (tertiary/aromatic N) is 2. The number of aliphatic hydroxyl groups is 1. The van der Waals surface area contributed by atoms with Crippen LogP contribution in [-0.2, 0) is 33.3 Å². The van der Waals surface area contributed by atoms with E-state index in [2.05, 4.69) is 17.2 Å². The number of esters is 2. The Kier molecular flexibility index (Phi) is 14.8. The molecule has 0 atom stereocenters. The zero-order valence-corrected chi connectivity index (χ0v) is 28.0. The number of rotatable bonds is 17. The molecule has 3 N–H and O–H groups in total. The Morgan fingerprint density at radius 3 is 2.02 bits per heavy atom. The van der Waals surface area contributed by atoms with E-state index in [0.717, 1.165) is 17.5 Å². The van der Waals surface area contributed by atoms with Crippen LogP contribution in [0, 0.1) is 0 Å². The van der Waals surface area contributed by atoms with Crippen molar-refractivity contribution in [2.24, 2.45) is 0 Å². The number of benzene rings is 1. The molecule has 0 unspecified atom stereocenters. The van der Waals surface area contributed by atoms with Crippen LogP contribution in [0.1, 0.15) is 26.3 Å². The monoisotopic (exact) mass is 679 g/mol. The van der Waals surface area contributed by atoms with Crippen molar-refractivity contribution in [3.05, 3.63) is 83.7 Å². The molecule has 0 aromatic heterocycles. The third-order valence-electron chi connectivity index (χ3n) is 7.38. The molecule has 14 heteroatoms. The second-order valence-electron chi connectivity index (χ2n) is 10.5. The molecule has 0 saturated heterocycles. The van der Waals surface area contributed by atoms with E-state index < -0.39 is 24.1 Å². The molecule has 0 heterocycles. The molecular formula is C35H43N4O10+. The zero-order valence-electron chi connectivity index (χ0n) is 28.0. The topological polar surface area (TPSA) is 173 Å². The highest BCUT2D eigenvalue weighted by Crippen LogP contribution is 2.39. The maximum absolute atomic E-state index is 13.2. The lowest BCUT2D eigenvalue weighted by molar-refractivity contribution is -0.524. The predicted molar refractivity (Wildman–Crippen MR) is 181 cm³/mol. The van der Waals surface area contributed by atoms with Gasteiger partial charge in [0.05, 0.1) is 30.8 Å². The van der Waals surface area contributed by atoms with Gasteiger partial charge >= 0.3 is 24.1 Å². The summed E-state index contributed by atoms with van der Waals surface area (Å²) in [4.78, 5) is 60.7. The number of likely N-dealkylation sites (N-methyl/N-ethyl adjacent to an activating group) is 2. The Balaban J connectivity index is 1.53. The fraction of sp³-hybridized carbons (Fsp3) is 0.371. The summed E-state index contributed by atoms with van der Waals surface area (Å²) in [6, 6.07) is 7.21. The number of amides is 2. The average Bonchev–Trinajstić information content (AvgIpc) is 3.09. The van der Waals surface area contributed by atoms with Gasteiger partial charge in [0.1, 0.15) is 32.1 Å². The van der Waals surface area contributed by atoms with Crippen LogP contribution >= 0.6 is 0 Å². The van der Waals surface area contributed by atoms with E-state index in [0.29, 0.717) is 37.3 Å². The van der Waals surface area contributed by atoms with E-state index in [-0.39, 0.29) is 62.2 Å². The molecule has 0 radical (unpaired) electrons. The number of Topliss-reactive ketones (excluding diaryl/α,β-unsaturated/α-hetero) is 1. The van der Waals surface area contributed by atoms with E-state index in [4.69, 9.17) is 18.9 Å². The quantitative estimate of drug-likeness (QED) is 0.0727. The molecule has 0 aliphatic heterocycles. The number of aliphatic hydroxyl groups excluding tert-OH is 1. The normalized spacial score (nSPS) is 13.4. The maximum Gasteiger partial charge on any atom is 0.407 e. The summed E-state index contributed by atoms with van der Waals surface area (Å²) < 4.78 is 21.9. The number of ketones is 1. The van der Waals surface area contributed by atoms with Crippen LogP contribution in [0.2, 0.25) is 0 Å². The first kappa shape index (κ1) is 37.8. The number of hydrogen-bond donors (Lipinski definition) is 3. The molecule has 2 aliphatic rings. The van der Waals surface area contributed by atoms with Crippen LogP contribution in [0.15, 0.2) is 78.1 Å². The van der Waals surface area contributed by atoms with Crippen molar-refractivity contribution in [1.29, 1.82) is 0 Å².